The van der Waals surface area contributed by atoms with Crippen LogP contribution in [0, 0.1) is 0 Å². The molecule has 0 amide bonds. The van der Waals surface area contributed by atoms with Gasteiger partial charge in [0.1, 0.15) is 11.3 Å². The first-order chi connectivity index (χ1) is 17.3. The monoisotopic (exact) mass is 491 g/mol. The molecular formula is C24H25N7O5. The SMILES string of the molecule is COc1ccc(-n2c(O)c(C=Nc3cc4[nH]c(=O)[nH]c4cc3N3CCN(C)CC3)c(=O)[nH]c2=O)cc1. The number of hydrogen-bond acceptors (Lipinski definition) is 8. The third-order valence-corrected chi connectivity index (χ3v) is 6.24. The van der Waals surface area contributed by atoms with E-state index in [1.807, 2.05) is 6.07 Å². The molecule has 1 aliphatic heterocycles. The van der Waals surface area contributed by atoms with Gasteiger partial charge < -0.3 is 29.6 Å². The first kappa shape index (κ1) is 23.2. The molecule has 12 heteroatoms. The van der Waals surface area contributed by atoms with Crippen LogP contribution in [-0.2, 0) is 0 Å². The fourth-order valence-electron chi connectivity index (χ4n) is 4.22. The molecule has 4 aromatic rings. The summed E-state index contributed by atoms with van der Waals surface area (Å²) in [5.74, 6) is 0.0297. The summed E-state index contributed by atoms with van der Waals surface area (Å²) in [5.41, 5.74) is 0.743. The van der Waals surface area contributed by atoms with Crippen LogP contribution in [0.25, 0.3) is 16.7 Å². The lowest BCUT2D eigenvalue weighted by Gasteiger charge is -2.34. The lowest BCUT2D eigenvalue weighted by molar-refractivity contribution is 0.313. The molecule has 186 valence electrons. The van der Waals surface area contributed by atoms with E-state index in [1.165, 1.54) is 13.3 Å². The quantitative estimate of drug-likeness (QED) is 0.303. The highest BCUT2D eigenvalue weighted by atomic mass is 16.5. The minimum atomic E-state index is -0.788. The van der Waals surface area contributed by atoms with Crippen LogP contribution in [0.4, 0.5) is 11.4 Å². The van der Waals surface area contributed by atoms with Crippen LogP contribution in [0.3, 0.4) is 0 Å². The van der Waals surface area contributed by atoms with Gasteiger partial charge in [-0.25, -0.2) is 14.2 Å². The summed E-state index contributed by atoms with van der Waals surface area (Å²) in [4.78, 5) is 53.5. The Morgan fingerprint density at radius 1 is 0.972 bits per heavy atom. The normalized spacial score (nSPS) is 14.7. The minimum Gasteiger partial charge on any atom is -0.497 e. The molecule has 2 aromatic carbocycles. The van der Waals surface area contributed by atoms with Crippen LogP contribution in [0.5, 0.6) is 11.6 Å². The number of ether oxygens (including phenoxy) is 1. The number of H-pyrrole nitrogens is 3. The third kappa shape index (κ3) is 4.29. The average molecular weight is 492 g/mol. The Morgan fingerprint density at radius 2 is 1.64 bits per heavy atom. The number of methoxy groups -OCH3 is 1. The molecule has 1 saturated heterocycles. The van der Waals surface area contributed by atoms with E-state index in [0.29, 0.717) is 28.2 Å². The van der Waals surface area contributed by atoms with E-state index in [9.17, 15) is 19.5 Å². The predicted molar refractivity (Wildman–Crippen MR) is 137 cm³/mol. The molecule has 12 nitrogen and oxygen atoms in total. The van der Waals surface area contributed by atoms with E-state index in [-0.39, 0.29) is 11.3 Å². The number of likely N-dealkylation sites (N-methyl/N-ethyl adjacent to an activating group) is 1. The fraction of sp³-hybridized carbons (Fsp3) is 0.250. The van der Waals surface area contributed by atoms with Crippen molar-refractivity contribution in [2.24, 2.45) is 4.99 Å². The number of benzene rings is 2. The molecule has 4 N–H and O–H groups in total. The number of hydrogen-bond donors (Lipinski definition) is 4. The first-order valence-corrected chi connectivity index (χ1v) is 11.3. The Kier molecular flexibility index (Phi) is 5.94. The number of aromatic amines is 3. The van der Waals surface area contributed by atoms with Crippen molar-refractivity contribution >= 4 is 28.6 Å². The third-order valence-electron chi connectivity index (χ3n) is 6.24. The molecule has 1 fully saturated rings. The van der Waals surface area contributed by atoms with E-state index in [1.54, 1.807) is 30.3 Å². The molecule has 0 aliphatic carbocycles. The van der Waals surface area contributed by atoms with Crippen molar-refractivity contribution in [1.29, 1.82) is 0 Å². The number of piperazine rings is 1. The van der Waals surface area contributed by atoms with Gasteiger partial charge in [-0.15, -0.1) is 0 Å². The number of aliphatic imine (C=N–C) groups is 1. The average Bonchev–Trinajstić information content (AvgIpc) is 3.23. The van der Waals surface area contributed by atoms with Crippen LogP contribution >= 0.6 is 0 Å². The molecule has 0 saturated carbocycles. The number of nitrogens with one attached hydrogen (secondary N) is 3. The highest BCUT2D eigenvalue weighted by Gasteiger charge is 2.19. The summed E-state index contributed by atoms with van der Waals surface area (Å²) in [5, 5.41) is 10.9. The van der Waals surface area contributed by atoms with Gasteiger partial charge in [0.2, 0.25) is 5.88 Å². The topological polar surface area (TPSA) is 152 Å². The number of fused-ring (bicyclic) bond motifs is 1. The molecule has 0 radical (unpaired) electrons. The molecule has 1 aliphatic rings. The Bertz CT molecular complexity index is 1620. The molecule has 0 atom stereocenters. The van der Waals surface area contributed by atoms with Gasteiger partial charge in [0.15, 0.2) is 0 Å². The summed E-state index contributed by atoms with van der Waals surface area (Å²) in [6, 6.07) is 9.99. The Labute approximate surface area is 204 Å². The van der Waals surface area contributed by atoms with Crippen LogP contribution in [0.2, 0.25) is 0 Å². The number of imidazole rings is 1. The van der Waals surface area contributed by atoms with Gasteiger partial charge in [0.05, 0.1) is 35.2 Å². The van der Waals surface area contributed by atoms with Gasteiger partial charge in [-0.2, -0.15) is 0 Å². The second-order valence-electron chi connectivity index (χ2n) is 8.54. The van der Waals surface area contributed by atoms with Gasteiger partial charge in [0, 0.05) is 32.4 Å². The van der Waals surface area contributed by atoms with Gasteiger partial charge >= 0.3 is 11.4 Å². The van der Waals surface area contributed by atoms with Crippen LogP contribution in [0.1, 0.15) is 5.56 Å². The van der Waals surface area contributed by atoms with Crippen LogP contribution in [0.15, 0.2) is 55.8 Å². The molecule has 0 unspecified atom stereocenters. The predicted octanol–water partition coefficient (Wildman–Crippen LogP) is 0.912. The van der Waals surface area contributed by atoms with Gasteiger partial charge in [-0.05, 0) is 43.4 Å². The van der Waals surface area contributed by atoms with Crippen molar-refractivity contribution in [3.63, 3.8) is 0 Å². The summed E-state index contributed by atoms with van der Waals surface area (Å²) in [6.45, 7) is 3.23. The maximum absolute atomic E-state index is 12.6. The smallest absolute Gasteiger partial charge is 0.335 e. The van der Waals surface area contributed by atoms with Crippen molar-refractivity contribution in [2.45, 2.75) is 0 Å². The zero-order valence-electron chi connectivity index (χ0n) is 19.7. The number of aromatic hydroxyl groups is 1. The Hall–Kier alpha value is -4.58. The minimum absolute atomic E-state index is 0.183. The maximum atomic E-state index is 12.6. The largest absolute Gasteiger partial charge is 0.497 e. The molecule has 0 spiro atoms. The van der Waals surface area contributed by atoms with Gasteiger partial charge in [0.25, 0.3) is 5.56 Å². The maximum Gasteiger partial charge on any atom is 0.335 e. The zero-order chi connectivity index (χ0) is 25.4. The molecule has 36 heavy (non-hydrogen) atoms. The van der Waals surface area contributed by atoms with Crippen molar-refractivity contribution in [1.82, 2.24) is 24.4 Å². The highest BCUT2D eigenvalue weighted by molar-refractivity contribution is 5.91. The lowest BCUT2D eigenvalue weighted by atomic mass is 10.2. The van der Waals surface area contributed by atoms with E-state index in [2.05, 4.69) is 36.8 Å². The van der Waals surface area contributed by atoms with Crippen molar-refractivity contribution < 1.29 is 9.84 Å². The van der Waals surface area contributed by atoms with Crippen molar-refractivity contribution in [2.75, 3.05) is 45.2 Å². The number of aromatic nitrogens is 4. The Morgan fingerprint density at radius 3 is 2.31 bits per heavy atom. The summed E-state index contributed by atoms with van der Waals surface area (Å²) in [6.07, 6.45) is 1.22. The van der Waals surface area contributed by atoms with E-state index in [0.717, 1.165) is 36.4 Å². The molecular weight excluding hydrogens is 466 g/mol. The summed E-state index contributed by atoms with van der Waals surface area (Å²) >= 11 is 0. The second-order valence-corrected chi connectivity index (χ2v) is 8.54. The van der Waals surface area contributed by atoms with Crippen LogP contribution < -0.4 is 26.6 Å². The summed E-state index contributed by atoms with van der Waals surface area (Å²) < 4.78 is 6.12. The zero-order valence-corrected chi connectivity index (χ0v) is 19.7. The van der Waals surface area contributed by atoms with Crippen LogP contribution in [-0.4, -0.2) is 76.1 Å². The van der Waals surface area contributed by atoms with Crippen molar-refractivity contribution in [3.05, 3.63) is 73.3 Å². The van der Waals surface area contributed by atoms with Gasteiger partial charge in [-0.1, -0.05) is 0 Å². The highest BCUT2D eigenvalue weighted by Crippen LogP contribution is 2.33. The summed E-state index contributed by atoms with van der Waals surface area (Å²) in [7, 11) is 3.57. The van der Waals surface area contributed by atoms with E-state index in [4.69, 9.17) is 4.74 Å². The number of anilines is 1. The number of rotatable bonds is 5. The fourth-order valence-corrected chi connectivity index (χ4v) is 4.22. The lowest BCUT2D eigenvalue weighted by Crippen LogP contribution is -2.44. The second kappa shape index (κ2) is 9.23. The molecule has 2 aromatic heterocycles. The van der Waals surface area contributed by atoms with Gasteiger partial charge in [-0.3, -0.25) is 14.8 Å². The molecule has 3 heterocycles. The molecule has 5 rings (SSSR count). The Balaban J connectivity index is 1.60. The number of nitrogens with zero attached hydrogens (tertiary/aromatic N) is 4. The van der Waals surface area contributed by atoms with E-state index >= 15 is 0 Å². The first-order valence-electron chi connectivity index (χ1n) is 11.3. The van der Waals surface area contributed by atoms with Crippen molar-refractivity contribution in [3.8, 4) is 17.3 Å². The molecule has 0 bridgehead atoms. The van der Waals surface area contributed by atoms with E-state index < -0.39 is 17.1 Å². The standard InChI is InChI=1S/C24H25N7O5/c1-29-7-9-30(10-8-29)20-12-18-17(26-23(34)27-18)11-19(20)25-13-16-21(32)28-24(35)31(22(16)33)14-3-5-15(36-2)6-4-14/h3-6,11-13,33H,7-10H2,1-2H3,(H2,26,27,34)(H,28,32,35).